The number of hydrogen-bond donors (Lipinski definition) is 0. The van der Waals surface area contributed by atoms with E-state index in [1.807, 2.05) is 43.3 Å². The molecule has 0 radical (unpaired) electrons. The van der Waals surface area contributed by atoms with Crippen LogP contribution < -0.4 is 4.90 Å². The first-order valence-electron chi connectivity index (χ1n) is 9.75. The van der Waals surface area contributed by atoms with E-state index >= 15 is 0 Å². The summed E-state index contributed by atoms with van der Waals surface area (Å²) in [6.45, 7) is 3.52. The molecule has 2 aromatic heterocycles. The van der Waals surface area contributed by atoms with E-state index in [4.69, 9.17) is 4.42 Å². The highest BCUT2D eigenvalue weighted by Gasteiger charge is 2.27. The van der Waals surface area contributed by atoms with Crippen molar-refractivity contribution in [1.82, 2.24) is 9.97 Å². The van der Waals surface area contributed by atoms with E-state index in [-0.39, 0.29) is 16.5 Å². The van der Waals surface area contributed by atoms with E-state index in [1.165, 1.54) is 6.07 Å². The molecule has 4 aromatic rings. The lowest BCUT2D eigenvalue weighted by Gasteiger charge is -2.33. The molecule has 1 aliphatic heterocycles. The van der Waals surface area contributed by atoms with E-state index in [2.05, 4.69) is 14.9 Å². The number of aromatic nitrogens is 2. The SMILES string of the molecule is Cc1cc(N2CCCC(c3nc4ccccc4o3)C2)c2cccc([N+](=O)[O-])c2n1. The normalized spacial score (nSPS) is 17.1. The quantitative estimate of drug-likeness (QED) is 0.364. The van der Waals surface area contributed by atoms with Crippen molar-refractivity contribution in [3.05, 3.63) is 70.2 Å². The molecule has 1 saturated heterocycles. The summed E-state index contributed by atoms with van der Waals surface area (Å²) in [5.74, 6) is 0.940. The Morgan fingerprint density at radius 3 is 2.86 bits per heavy atom. The first-order valence-corrected chi connectivity index (χ1v) is 9.75. The maximum Gasteiger partial charge on any atom is 0.295 e. The molecule has 1 unspecified atom stereocenters. The summed E-state index contributed by atoms with van der Waals surface area (Å²) in [5, 5.41) is 12.3. The number of anilines is 1. The van der Waals surface area contributed by atoms with Gasteiger partial charge in [-0.05, 0) is 38.0 Å². The molecule has 0 amide bonds. The Hall–Kier alpha value is -3.48. The second kappa shape index (κ2) is 6.84. The van der Waals surface area contributed by atoms with Crippen molar-refractivity contribution in [2.75, 3.05) is 18.0 Å². The first kappa shape index (κ1) is 17.6. The van der Waals surface area contributed by atoms with Gasteiger partial charge in [0.15, 0.2) is 17.0 Å². The molecule has 0 saturated carbocycles. The van der Waals surface area contributed by atoms with Crippen molar-refractivity contribution in [1.29, 1.82) is 0 Å². The number of nitro benzene ring substituents is 1. The number of aryl methyl sites for hydroxylation is 1. The van der Waals surface area contributed by atoms with Gasteiger partial charge in [0, 0.05) is 35.9 Å². The molecule has 7 heteroatoms. The molecule has 0 aliphatic carbocycles. The Labute approximate surface area is 167 Å². The summed E-state index contributed by atoms with van der Waals surface area (Å²) < 4.78 is 6.01. The third kappa shape index (κ3) is 3.08. The number of pyridine rings is 1. The van der Waals surface area contributed by atoms with Gasteiger partial charge in [0.1, 0.15) is 5.52 Å². The van der Waals surface area contributed by atoms with Crippen molar-refractivity contribution in [3.63, 3.8) is 0 Å². The van der Waals surface area contributed by atoms with Gasteiger partial charge in [0.2, 0.25) is 0 Å². The molecule has 0 bridgehead atoms. The number of para-hydroxylation sites is 3. The fourth-order valence-corrected chi connectivity index (χ4v) is 4.21. The fraction of sp³-hybridized carbons (Fsp3) is 0.273. The predicted octanol–water partition coefficient (Wildman–Crippen LogP) is 4.98. The highest BCUT2D eigenvalue weighted by atomic mass is 16.6. The molecule has 3 heterocycles. The molecular weight excluding hydrogens is 368 g/mol. The van der Waals surface area contributed by atoms with Crippen molar-refractivity contribution in [3.8, 4) is 0 Å². The Kier molecular flexibility index (Phi) is 4.16. The van der Waals surface area contributed by atoms with Gasteiger partial charge in [-0.2, -0.15) is 0 Å². The van der Waals surface area contributed by atoms with Gasteiger partial charge >= 0.3 is 0 Å². The highest BCUT2D eigenvalue weighted by Crippen LogP contribution is 2.36. The van der Waals surface area contributed by atoms with Crippen LogP contribution in [0.25, 0.3) is 22.0 Å². The van der Waals surface area contributed by atoms with Crippen LogP contribution in [0, 0.1) is 17.0 Å². The lowest BCUT2D eigenvalue weighted by atomic mass is 9.96. The summed E-state index contributed by atoms with van der Waals surface area (Å²) in [7, 11) is 0. The summed E-state index contributed by atoms with van der Waals surface area (Å²) >= 11 is 0. The van der Waals surface area contributed by atoms with Crippen LogP contribution in [0.3, 0.4) is 0 Å². The number of nitrogens with zero attached hydrogens (tertiary/aromatic N) is 4. The number of hydrogen-bond acceptors (Lipinski definition) is 6. The zero-order valence-corrected chi connectivity index (χ0v) is 16.0. The molecule has 0 N–H and O–H groups in total. The van der Waals surface area contributed by atoms with E-state index < -0.39 is 0 Å². The number of fused-ring (bicyclic) bond motifs is 2. The molecule has 7 nitrogen and oxygen atoms in total. The van der Waals surface area contributed by atoms with E-state index in [9.17, 15) is 10.1 Å². The van der Waals surface area contributed by atoms with Crippen LogP contribution in [0.4, 0.5) is 11.4 Å². The molecule has 146 valence electrons. The largest absolute Gasteiger partial charge is 0.440 e. The smallest absolute Gasteiger partial charge is 0.295 e. The topological polar surface area (TPSA) is 85.3 Å². The summed E-state index contributed by atoms with van der Waals surface area (Å²) in [4.78, 5) is 22.5. The van der Waals surface area contributed by atoms with Crippen molar-refractivity contribution in [2.24, 2.45) is 0 Å². The van der Waals surface area contributed by atoms with Crippen molar-refractivity contribution >= 4 is 33.4 Å². The number of non-ortho nitro benzene ring substituents is 1. The van der Waals surface area contributed by atoms with Gasteiger partial charge in [-0.15, -0.1) is 0 Å². The summed E-state index contributed by atoms with van der Waals surface area (Å²) in [6, 6.07) is 15.0. The molecule has 0 spiro atoms. The van der Waals surface area contributed by atoms with Crippen LogP contribution >= 0.6 is 0 Å². The molecule has 1 fully saturated rings. The standard InChI is InChI=1S/C22H20N4O3/c1-14-12-19(16-7-4-9-18(26(27)28)21(16)23-14)25-11-5-6-15(13-25)22-24-17-8-2-3-10-20(17)29-22/h2-4,7-10,12,15H,5-6,11,13H2,1H3. The predicted molar refractivity (Wildman–Crippen MR) is 111 cm³/mol. The molecule has 29 heavy (non-hydrogen) atoms. The third-order valence-electron chi connectivity index (χ3n) is 5.54. The van der Waals surface area contributed by atoms with Crippen molar-refractivity contribution in [2.45, 2.75) is 25.7 Å². The van der Waals surface area contributed by atoms with Crippen molar-refractivity contribution < 1.29 is 9.34 Å². The van der Waals surface area contributed by atoms with Crippen LogP contribution in [0.15, 0.2) is 52.9 Å². The second-order valence-corrected chi connectivity index (χ2v) is 7.52. The van der Waals surface area contributed by atoms with Crippen LogP contribution in [-0.4, -0.2) is 28.0 Å². The maximum atomic E-state index is 11.5. The molecule has 2 aromatic carbocycles. The maximum absolute atomic E-state index is 11.5. The second-order valence-electron chi connectivity index (χ2n) is 7.52. The number of oxazole rings is 1. The lowest BCUT2D eigenvalue weighted by molar-refractivity contribution is -0.383. The van der Waals surface area contributed by atoms with Crippen LogP contribution in [-0.2, 0) is 0 Å². The number of benzene rings is 2. The lowest BCUT2D eigenvalue weighted by Crippen LogP contribution is -2.34. The minimum Gasteiger partial charge on any atom is -0.440 e. The monoisotopic (exact) mass is 388 g/mol. The number of nitro groups is 1. The first-order chi connectivity index (χ1) is 14.1. The zero-order chi connectivity index (χ0) is 20.0. The number of rotatable bonds is 3. The molecular formula is C22H20N4O3. The minimum atomic E-state index is -0.365. The van der Waals surface area contributed by atoms with Gasteiger partial charge in [0.25, 0.3) is 5.69 Å². The van der Waals surface area contributed by atoms with Crippen LogP contribution in [0.5, 0.6) is 0 Å². The summed E-state index contributed by atoms with van der Waals surface area (Å²) in [6.07, 6.45) is 2.01. The van der Waals surface area contributed by atoms with E-state index in [1.54, 1.807) is 6.07 Å². The average Bonchev–Trinajstić information content (AvgIpc) is 3.17. The molecule has 5 rings (SSSR count). The zero-order valence-electron chi connectivity index (χ0n) is 16.0. The molecule has 1 atom stereocenters. The van der Waals surface area contributed by atoms with E-state index in [0.29, 0.717) is 5.52 Å². The Bertz CT molecular complexity index is 1200. The van der Waals surface area contributed by atoms with Crippen LogP contribution in [0.1, 0.15) is 30.3 Å². The summed E-state index contributed by atoms with van der Waals surface area (Å²) in [5.41, 5.74) is 3.92. The minimum absolute atomic E-state index is 0.0416. The highest BCUT2D eigenvalue weighted by molar-refractivity contribution is 5.97. The van der Waals surface area contributed by atoms with Gasteiger partial charge in [0.05, 0.1) is 10.8 Å². The Balaban J connectivity index is 1.54. The van der Waals surface area contributed by atoms with Gasteiger partial charge in [-0.1, -0.05) is 24.3 Å². The number of piperidine rings is 1. The third-order valence-corrected chi connectivity index (χ3v) is 5.54. The van der Waals surface area contributed by atoms with Gasteiger partial charge in [-0.25, -0.2) is 9.97 Å². The van der Waals surface area contributed by atoms with Crippen LogP contribution in [0.2, 0.25) is 0 Å². The fourth-order valence-electron chi connectivity index (χ4n) is 4.21. The van der Waals surface area contributed by atoms with Gasteiger partial charge < -0.3 is 9.32 Å². The van der Waals surface area contributed by atoms with Gasteiger partial charge in [-0.3, -0.25) is 10.1 Å². The average molecular weight is 388 g/mol. The van der Waals surface area contributed by atoms with E-state index in [0.717, 1.165) is 59.7 Å². The Morgan fingerprint density at radius 1 is 1.17 bits per heavy atom. The molecule has 1 aliphatic rings. The Morgan fingerprint density at radius 2 is 2.03 bits per heavy atom.